The van der Waals surface area contributed by atoms with Crippen molar-refractivity contribution in [3.05, 3.63) is 16.3 Å². The first-order chi connectivity index (χ1) is 9.04. The van der Waals surface area contributed by atoms with E-state index in [-0.39, 0.29) is 15.8 Å². The molecule has 0 amide bonds. The molecule has 1 aliphatic carbocycles. The van der Waals surface area contributed by atoms with E-state index in [0.29, 0.717) is 0 Å². The monoisotopic (exact) mass is 303 g/mol. The zero-order valence-electron chi connectivity index (χ0n) is 10.7. The van der Waals surface area contributed by atoms with Crippen molar-refractivity contribution in [2.45, 2.75) is 43.0 Å². The maximum Gasteiger partial charge on any atom is 0.349 e. The fourth-order valence-electron chi connectivity index (χ4n) is 2.25. The van der Waals surface area contributed by atoms with Gasteiger partial charge in [0.25, 0.3) is 0 Å². The summed E-state index contributed by atoms with van der Waals surface area (Å²) in [5.74, 6) is -0.612. The Balaban J connectivity index is 2.19. The molecule has 0 bridgehead atoms. The Kier molecular flexibility index (Phi) is 4.59. The molecule has 0 aliphatic heterocycles. The first kappa shape index (κ1) is 14.5. The molecule has 106 valence electrons. The lowest BCUT2D eigenvalue weighted by molar-refractivity contribution is 0.0602. The molecule has 1 fully saturated rings. The van der Waals surface area contributed by atoms with Crippen molar-refractivity contribution in [1.82, 2.24) is 4.72 Å². The fourth-order valence-corrected chi connectivity index (χ4v) is 4.89. The average molecular weight is 303 g/mol. The largest absolute Gasteiger partial charge is 0.465 e. The second-order valence-electron chi connectivity index (χ2n) is 4.56. The van der Waals surface area contributed by atoms with Gasteiger partial charge in [-0.2, -0.15) is 0 Å². The highest BCUT2D eigenvalue weighted by Gasteiger charge is 2.27. The molecule has 2 rings (SSSR count). The van der Waals surface area contributed by atoms with Crippen LogP contribution in [0.2, 0.25) is 0 Å². The molecule has 1 aromatic rings. The van der Waals surface area contributed by atoms with Crippen LogP contribution in [0.15, 0.2) is 16.3 Å². The number of ether oxygens (including phenoxy) is 1. The van der Waals surface area contributed by atoms with E-state index in [4.69, 9.17) is 0 Å². The summed E-state index contributed by atoms with van der Waals surface area (Å²) in [6, 6.07) is 1.42. The number of hydrogen-bond acceptors (Lipinski definition) is 5. The van der Waals surface area contributed by atoms with E-state index in [1.54, 1.807) is 5.38 Å². The lowest BCUT2D eigenvalue weighted by Crippen LogP contribution is -2.36. The van der Waals surface area contributed by atoms with Crippen molar-refractivity contribution in [2.24, 2.45) is 0 Å². The van der Waals surface area contributed by atoms with Crippen LogP contribution in [0.5, 0.6) is 0 Å². The predicted molar refractivity (Wildman–Crippen MR) is 72.9 cm³/mol. The molecule has 5 nitrogen and oxygen atoms in total. The minimum Gasteiger partial charge on any atom is -0.465 e. The van der Waals surface area contributed by atoms with E-state index in [1.165, 1.54) is 13.2 Å². The SMILES string of the molecule is COC(=O)c1sccc1S(=O)(=O)NC1CCCCC1. The highest BCUT2D eigenvalue weighted by atomic mass is 32.2. The highest BCUT2D eigenvalue weighted by Crippen LogP contribution is 2.25. The summed E-state index contributed by atoms with van der Waals surface area (Å²) < 4.78 is 31.9. The molecule has 1 aromatic heterocycles. The van der Waals surface area contributed by atoms with Gasteiger partial charge < -0.3 is 4.74 Å². The minimum absolute atomic E-state index is 0.0231. The summed E-state index contributed by atoms with van der Waals surface area (Å²) >= 11 is 1.08. The first-order valence-electron chi connectivity index (χ1n) is 6.23. The number of sulfonamides is 1. The molecule has 0 atom stereocenters. The molecule has 0 unspecified atom stereocenters. The van der Waals surface area contributed by atoms with Crippen molar-refractivity contribution in [1.29, 1.82) is 0 Å². The van der Waals surface area contributed by atoms with Crippen LogP contribution in [0.1, 0.15) is 41.8 Å². The van der Waals surface area contributed by atoms with Gasteiger partial charge in [0.1, 0.15) is 9.77 Å². The third-order valence-electron chi connectivity index (χ3n) is 3.22. The van der Waals surface area contributed by atoms with E-state index in [0.717, 1.165) is 43.4 Å². The highest BCUT2D eigenvalue weighted by molar-refractivity contribution is 7.89. The summed E-state index contributed by atoms with van der Waals surface area (Å²) in [6.45, 7) is 0. The smallest absolute Gasteiger partial charge is 0.349 e. The maximum absolute atomic E-state index is 12.3. The van der Waals surface area contributed by atoms with Gasteiger partial charge in [-0.25, -0.2) is 17.9 Å². The number of esters is 1. The Labute approximate surface area is 117 Å². The minimum atomic E-state index is -3.64. The van der Waals surface area contributed by atoms with Gasteiger partial charge in [-0.3, -0.25) is 0 Å². The van der Waals surface area contributed by atoms with Gasteiger partial charge >= 0.3 is 5.97 Å². The zero-order chi connectivity index (χ0) is 13.9. The van der Waals surface area contributed by atoms with Crippen molar-refractivity contribution >= 4 is 27.3 Å². The molecule has 1 aliphatic rings. The molecule has 1 heterocycles. The fraction of sp³-hybridized carbons (Fsp3) is 0.583. The van der Waals surface area contributed by atoms with Crippen LogP contribution in [0.4, 0.5) is 0 Å². The lowest BCUT2D eigenvalue weighted by Gasteiger charge is -2.22. The van der Waals surface area contributed by atoms with Crippen molar-refractivity contribution < 1.29 is 17.9 Å². The molecule has 0 saturated heterocycles. The predicted octanol–water partition coefficient (Wildman–Crippen LogP) is 2.15. The molecule has 7 heteroatoms. The van der Waals surface area contributed by atoms with Gasteiger partial charge in [0.15, 0.2) is 0 Å². The van der Waals surface area contributed by atoms with Crippen LogP contribution < -0.4 is 4.72 Å². The number of hydrogen-bond donors (Lipinski definition) is 1. The van der Waals surface area contributed by atoms with Crippen LogP contribution in [0, 0.1) is 0 Å². The second kappa shape index (κ2) is 6.02. The molecule has 19 heavy (non-hydrogen) atoms. The number of rotatable bonds is 4. The Hall–Kier alpha value is -0.920. The van der Waals surface area contributed by atoms with Crippen molar-refractivity contribution in [2.75, 3.05) is 7.11 Å². The van der Waals surface area contributed by atoms with E-state index in [1.807, 2.05) is 0 Å². The van der Waals surface area contributed by atoms with E-state index in [2.05, 4.69) is 9.46 Å². The number of thiophene rings is 1. The van der Waals surface area contributed by atoms with Crippen LogP contribution in [0.25, 0.3) is 0 Å². The number of nitrogens with one attached hydrogen (secondary N) is 1. The topological polar surface area (TPSA) is 72.5 Å². The Morgan fingerprint density at radius 2 is 2.05 bits per heavy atom. The lowest BCUT2D eigenvalue weighted by atomic mass is 9.96. The first-order valence-corrected chi connectivity index (χ1v) is 8.59. The summed E-state index contributed by atoms with van der Waals surface area (Å²) in [6.07, 6.45) is 4.96. The van der Waals surface area contributed by atoms with Crippen LogP contribution in [-0.2, 0) is 14.8 Å². The van der Waals surface area contributed by atoms with Gasteiger partial charge in [-0.05, 0) is 24.3 Å². The van der Waals surface area contributed by atoms with Gasteiger partial charge in [0, 0.05) is 6.04 Å². The van der Waals surface area contributed by atoms with Gasteiger partial charge in [-0.15, -0.1) is 11.3 Å². The maximum atomic E-state index is 12.3. The number of carbonyl (C=O) groups excluding carboxylic acids is 1. The third kappa shape index (κ3) is 3.34. The summed E-state index contributed by atoms with van der Waals surface area (Å²) in [7, 11) is -2.40. The number of carbonyl (C=O) groups is 1. The Morgan fingerprint density at radius 1 is 1.37 bits per heavy atom. The van der Waals surface area contributed by atoms with Crippen LogP contribution in [-0.4, -0.2) is 27.5 Å². The standard InChI is InChI=1S/C12H17NO4S2/c1-17-12(14)11-10(7-8-18-11)19(15,16)13-9-5-3-2-4-6-9/h7-9,13H,2-6H2,1H3. The molecular weight excluding hydrogens is 286 g/mol. The molecular formula is C12H17NO4S2. The molecule has 0 spiro atoms. The second-order valence-corrected chi connectivity index (χ2v) is 7.16. The van der Waals surface area contributed by atoms with Crippen molar-refractivity contribution in [3.8, 4) is 0 Å². The normalized spacial score (nSPS) is 17.3. The molecule has 0 aromatic carbocycles. The van der Waals surface area contributed by atoms with Crippen LogP contribution >= 0.6 is 11.3 Å². The average Bonchev–Trinajstić information content (AvgIpc) is 2.88. The molecule has 0 radical (unpaired) electrons. The Morgan fingerprint density at radius 3 is 2.68 bits per heavy atom. The van der Waals surface area contributed by atoms with Crippen LogP contribution in [0.3, 0.4) is 0 Å². The quantitative estimate of drug-likeness (QED) is 0.865. The van der Waals surface area contributed by atoms with E-state index >= 15 is 0 Å². The van der Waals surface area contributed by atoms with E-state index < -0.39 is 16.0 Å². The third-order valence-corrected chi connectivity index (χ3v) is 5.80. The molecule has 1 saturated carbocycles. The summed E-state index contributed by atoms with van der Waals surface area (Å²) in [4.78, 5) is 11.7. The van der Waals surface area contributed by atoms with E-state index in [9.17, 15) is 13.2 Å². The van der Waals surface area contributed by atoms with Gasteiger partial charge in [0.05, 0.1) is 7.11 Å². The Bertz CT molecular complexity index is 544. The van der Waals surface area contributed by atoms with Gasteiger partial charge in [0.2, 0.25) is 10.0 Å². The van der Waals surface area contributed by atoms with Gasteiger partial charge in [-0.1, -0.05) is 19.3 Å². The number of methoxy groups -OCH3 is 1. The van der Waals surface area contributed by atoms with Crippen molar-refractivity contribution in [3.63, 3.8) is 0 Å². The molecule has 1 N–H and O–H groups in total. The summed E-state index contributed by atoms with van der Waals surface area (Å²) in [5, 5.41) is 1.59. The summed E-state index contributed by atoms with van der Waals surface area (Å²) in [5.41, 5.74) is 0. The zero-order valence-corrected chi connectivity index (χ0v) is 12.4.